The molecule has 106 valence electrons. The van der Waals surface area contributed by atoms with Gasteiger partial charge < -0.3 is 15.3 Å². The van der Waals surface area contributed by atoms with Gasteiger partial charge in [0, 0.05) is 31.9 Å². The zero-order chi connectivity index (χ0) is 14.3. The van der Waals surface area contributed by atoms with E-state index >= 15 is 0 Å². The molecule has 1 atom stereocenters. The first-order valence-corrected chi connectivity index (χ1v) is 6.63. The van der Waals surface area contributed by atoms with E-state index in [2.05, 4.69) is 36.1 Å². The highest BCUT2D eigenvalue weighted by Crippen LogP contribution is 2.01. The molecule has 1 heterocycles. The standard InChI is InChI=1S/C14H23N3O2/c1-4-11(2)17(3)8-7-15-10-13-6-5-12(9-16-13)14(18)19/h5-6,9,11,15H,4,7-8,10H2,1-3H3,(H,18,19). The average Bonchev–Trinajstić information content (AvgIpc) is 2.42. The molecule has 0 fully saturated rings. The summed E-state index contributed by atoms with van der Waals surface area (Å²) in [5, 5.41) is 12.1. The van der Waals surface area contributed by atoms with E-state index < -0.39 is 5.97 Å². The summed E-state index contributed by atoms with van der Waals surface area (Å²) >= 11 is 0. The normalized spacial score (nSPS) is 12.6. The SMILES string of the molecule is CCC(C)N(C)CCNCc1ccc(C(=O)O)cn1. The molecule has 0 aromatic carbocycles. The predicted molar refractivity (Wildman–Crippen MR) is 75.3 cm³/mol. The lowest BCUT2D eigenvalue weighted by Gasteiger charge is -2.23. The van der Waals surface area contributed by atoms with E-state index in [9.17, 15) is 4.79 Å². The van der Waals surface area contributed by atoms with Crippen LogP contribution in [0.25, 0.3) is 0 Å². The van der Waals surface area contributed by atoms with E-state index in [0.717, 1.165) is 25.2 Å². The molecule has 5 heteroatoms. The monoisotopic (exact) mass is 265 g/mol. The summed E-state index contributed by atoms with van der Waals surface area (Å²) in [4.78, 5) is 17.1. The van der Waals surface area contributed by atoms with Crippen molar-refractivity contribution < 1.29 is 9.90 Å². The van der Waals surface area contributed by atoms with Gasteiger partial charge in [0.15, 0.2) is 0 Å². The molecule has 1 rings (SSSR count). The Hall–Kier alpha value is -1.46. The second-order valence-electron chi connectivity index (χ2n) is 4.76. The van der Waals surface area contributed by atoms with Crippen molar-refractivity contribution in [2.75, 3.05) is 20.1 Å². The number of rotatable bonds is 8. The minimum atomic E-state index is -0.942. The number of hydrogen-bond donors (Lipinski definition) is 2. The highest BCUT2D eigenvalue weighted by molar-refractivity contribution is 5.87. The largest absolute Gasteiger partial charge is 0.478 e. The number of nitrogens with one attached hydrogen (secondary N) is 1. The molecule has 0 saturated heterocycles. The van der Waals surface area contributed by atoms with Gasteiger partial charge in [0.1, 0.15) is 0 Å². The van der Waals surface area contributed by atoms with Gasteiger partial charge in [0.25, 0.3) is 0 Å². The van der Waals surface area contributed by atoms with Crippen LogP contribution in [0.5, 0.6) is 0 Å². The van der Waals surface area contributed by atoms with Crippen molar-refractivity contribution in [3.05, 3.63) is 29.6 Å². The Balaban J connectivity index is 2.28. The van der Waals surface area contributed by atoms with Gasteiger partial charge in [0.05, 0.1) is 11.3 Å². The van der Waals surface area contributed by atoms with E-state index in [1.165, 1.54) is 6.20 Å². The number of likely N-dealkylation sites (N-methyl/N-ethyl adjacent to an activating group) is 1. The Morgan fingerprint density at radius 1 is 1.53 bits per heavy atom. The van der Waals surface area contributed by atoms with Gasteiger partial charge in [-0.15, -0.1) is 0 Å². The molecule has 0 aliphatic carbocycles. The summed E-state index contributed by atoms with van der Waals surface area (Å²) in [7, 11) is 2.12. The minimum absolute atomic E-state index is 0.222. The predicted octanol–water partition coefficient (Wildman–Crippen LogP) is 1.60. The fourth-order valence-corrected chi connectivity index (χ4v) is 1.66. The maximum Gasteiger partial charge on any atom is 0.337 e. The summed E-state index contributed by atoms with van der Waals surface area (Å²) in [5.41, 5.74) is 1.08. The van der Waals surface area contributed by atoms with E-state index in [0.29, 0.717) is 12.6 Å². The van der Waals surface area contributed by atoms with Gasteiger partial charge in [0.2, 0.25) is 0 Å². The third kappa shape index (κ3) is 5.36. The molecule has 1 aromatic rings. The maximum absolute atomic E-state index is 10.7. The zero-order valence-electron chi connectivity index (χ0n) is 11.9. The summed E-state index contributed by atoms with van der Waals surface area (Å²) < 4.78 is 0. The fraction of sp³-hybridized carbons (Fsp3) is 0.571. The zero-order valence-corrected chi connectivity index (χ0v) is 11.9. The van der Waals surface area contributed by atoms with Crippen molar-refractivity contribution in [2.24, 2.45) is 0 Å². The lowest BCUT2D eigenvalue weighted by Crippen LogP contribution is -2.34. The lowest BCUT2D eigenvalue weighted by atomic mass is 10.2. The van der Waals surface area contributed by atoms with Crippen LogP contribution in [0.4, 0.5) is 0 Å². The molecule has 0 spiro atoms. The van der Waals surface area contributed by atoms with Gasteiger partial charge in [-0.05, 0) is 32.5 Å². The van der Waals surface area contributed by atoms with E-state index in [4.69, 9.17) is 5.11 Å². The molecule has 0 saturated carbocycles. The molecule has 0 aliphatic rings. The van der Waals surface area contributed by atoms with Crippen LogP contribution in [0.1, 0.15) is 36.3 Å². The van der Waals surface area contributed by atoms with Gasteiger partial charge in [-0.2, -0.15) is 0 Å². The first-order valence-electron chi connectivity index (χ1n) is 6.63. The molecule has 1 aromatic heterocycles. The second kappa shape index (κ2) is 7.86. The third-order valence-electron chi connectivity index (χ3n) is 3.36. The van der Waals surface area contributed by atoms with Crippen LogP contribution >= 0.6 is 0 Å². The highest BCUT2D eigenvalue weighted by atomic mass is 16.4. The second-order valence-corrected chi connectivity index (χ2v) is 4.76. The fourth-order valence-electron chi connectivity index (χ4n) is 1.66. The molecule has 0 radical (unpaired) electrons. The van der Waals surface area contributed by atoms with E-state index in [1.54, 1.807) is 12.1 Å². The van der Waals surface area contributed by atoms with Crippen molar-refractivity contribution >= 4 is 5.97 Å². The Kier molecular flexibility index (Phi) is 6.45. The summed E-state index contributed by atoms with van der Waals surface area (Å²) in [6.07, 6.45) is 2.54. The Morgan fingerprint density at radius 2 is 2.26 bits per heavy atom. The van der Waals surface area contributed by atoms with Gasteiger partial charge in [-0.3, -0.25) is 4.98 Å². The Labute approximate surface area is 114 Å². The number of aromatic nitrogens is 1. The van der Waals surface area contributed by atoms with Crippen molar-refractivity contribution in [3.8, 4) is 0 Å². The number of hydrogen-bond acceptors (Lipinski definition) is 4. The van der Waals surface area contributed by atoms with Crippen LogP contribution in [0.2, 0.25) is 0 Å². The van der Waals surface area contributed by atoms with Crippen molar-refractivity contribution in [1.29, 1.82) is 0 Å². The first-order chi connectivity index (χ1) is 9.04. The van der Waals surface area contributed by atoms with Crippen LogP contribution in [0.15, 0.2) is 18.3 Å². The van der Waals surface area contributed by atoms with Crippen LogP contribution in [0.3, 0.4) is 0 Å². The van der Waals surface area contributed by atoms with Crippen LogP contribution in [0, 0.1) is 0 Å². The highest BCUT2D eigenvalue weighted by Gasteiger charge is 2.06. The van der Waals surface area contributed by atoms with Crippen molar-refractivity contribution in [1.82, 2.24) is 15.2 Å². The van der Waals surface area contributed by atoms with Gasteiger partial charge >= 0.3 is 5.97 Å². The summed E-state index contributed by atoms with van der Waals surface area (Å²) in [6.45, 7) is 6.94. The summed E-state index contributed by atoms with van der Waals surface area (Å²) in [5.74, 6) is -0.942. The molecular formula is C14H23N3O2. The number of carboxylic acid groups (broad SMARTS) is 1. The maximum atomic E-state index is 10.7. The van der Waals surface area contributed by atoms with E-state index in [1.807, 2.05) is 0 Å². The molecule has 2 N–H and O–H groups in total. The van der Waals surface area contributed by atoms with Crippen LogP contribution < -0.4 is 5.32 Å². The summed E-state index contributed by atoms with van der Waals surface area (Å²) in [6, 6.07) is 3.92. The van der Waals surface area contributed by atoms with Crippen LogP contribution in [-0.4, -0.2) is 47.1 Å². The van der Waals surface area contributed by atoms with Crippen molar-refractivity contribution in [3.63, 3.8) is 0 Å². The lowest BCUT2D eigenvalue weighted by molar-refractivity contribution is 0.0696. The quantitative estimate of drug-likeness (QED) is 0.699. The topological polar surface area (TPSA) is 65.5 Å². The molecule has 19 heavy (non-hydrogen) atoms. The van der Waals surface area contributed by atoms with Crippen LogP contribution in [-0.2, 0) is 6.54 Å². The molecular weight excluding hydrogens is 242 g/mol. The first kappa shape index (κ1) is 15.6. The Morgan fingerprint density at radius 3 is 2.79 bits per heavy atom. The average molecular weight is 265 g/mol. The molecule has 1 unspecified atom stereocenters. The van der Waals surface area contributed by atoms with Crippen molar-refractivity contribution in [2.45, 2.75) is 32.9 Å². The number of carboxylic acids is 1. The number of carbonyl (C=O) groups is 1. The molecule has 0 aliphatic heterocycles. The molecule has 0 amide bonds. The number of aromatic carboxylic acids is 1. The van der Waals surface area contributed by atoms with Gasteiger partial charge in [-0.1, -0.05) is 6.92 Å². The van der Waals surface area contributed by atoms with E-state index in [-0.39, 0.29) is 5.56 Å². The van der Waals surface area contributed by atoms with Gasteiger partial charge in [-0.25, -0.2) is 4.79 Å². The smallest absolute Gasteiger partial charge is 0.337 e. The Bertz CT molecular complexity index is 392. The number of pyridine rings is 1. The number of nitrogens with zero attached hydrogens (tertiary/aromatic N) is 2. The molecule has 5 nitrogen and oxygen atoms in total. The molecule has 0 bridgehead atoms. The third-order valence-corrected chi connectivity index (χ3v) is 3.36. The minimum Gasteiger partial charge on any atom is -0.478 e.